The molecule has 5 nitrogen and oxygen atoms in total. The van der Waals surface area contributed by atoms with Gasteiger partial charge in [0.1, 0.15) is 5.75 Å². The molecule has 0 unspecified atom stereocenters. The van der Waals surface area contributed by atoms with Gasteiger partial charge in [0.25, 0.3) is 10.0 Å². The number of aliphatic imine (C=N–C) groups is 1. The summed E-state index contributed by atoms with van der Waals surface area (Å²) in [4.78, 5) is 4.74. The van der Waals surface area contributed by atoms with Gasteiger partial charge in [-0.25, -0.2) is 12.7 Å². The van der Waals surface area contributed by atoms with E-state index >= 15 is 0 Å². The second-order valence-corrected chi connectivity index (χ2v) is 10.5. The highest BCUT2D eigenvalue weighted by Gasteiger charge is 2.31. The van der Waals surface area contributed by atoms with Gasteiger partial charge in [0.15, 0.2) is 5.17 Å². The topological polar surface area (TPSA) is 59.0 Å². The molecule has 0 aliphatic carbocycles. The Bertz CT molecular complexity index is 962. The molecule has 1 heterocycles. The van der Waals surface area contributed by atoms with Crippen molar-refractivity contribution in [2.45, 2.75) is 37.5 Å². The van der Waals surface area contributed by atoms with Gasteiger partial charge in [0.05, 0.1) is 17.7 Å². The Morgan fingerprint density at radius 2 is 1.82 bits per heavy atom. The van der Waals surface area contributed by atoms with E-state index in [9.17, 15) is 8.42 Å². The van der Waals surface area contributed by atoms with Gasteiger partial charge < -0.3 is 4.74 Å². The van der Waals surface area contributed by atoms with Crippen molar-refractivity contribution in [3.63, 3.8) is 0 Å². The third kappa shape index (κ3) is 4.36. The second-order valence-electron chi connectivity index (χ2n) is 7.61. The molecule has 7 heteroatoms. The van der Waals surface area contributed by atoms with E-state index in [0.717, 1.165) is 17.7 Å². The lowest BCUT2D eigenvalue weighted by molar-refractivity contribution is 0.415. The van der Waals surface area contributed by atoms with Crippen LogP contribution in [0.5, 0.6) is 5.75 Å². The van der Waals surface area contributed by atoms with Crippen LogP contribution >= 0.6 is 11.8 Å². The van der Waals surface area contributed by atoms with Gasteiger partial charge >= 0.3 is 0 Å². The molecule has 28 heavy (non-hydrogen) atoms. The van der Waals surface area contributed by atoms with E-state index < -0.39 is 10.0 Å². The molecule has 0 bridgehead atoms. The second kappa shape index (κ2) is 8.17. The molecule has 0 spiro atoms. The molecule has 1 aliphatic heterocycles. The Morgan fingerprint density at radius 1 is 1.11 bits per heavy atom. The molecule has 0 saturated carbocycles. The molecule has 0 aromatic heterocycles. The number of hydrogen-bond acceptors (Lipinski definition) is 5. The Hall–Kier alpha value is -1.99. The summed E-state index contributed by atoms with van der Waals surface area (Å²) in [5.74, 6) is 1.44. The van der Waals surface area contributed by atoms with Crippen LogP contribution in [0.3, 0.4) is 0 Å². The third-order valence-electron chi connectivity index (χ3n) is 4.50. The van der Waals surface area contributed by atoms with Crippen LogP contribution in [0.15, 0.2) is 58.4 Å². The molecule has 0 N–H and O–H groups in total. The number of thioether (sulfide) groups is 1. The zero-order valence-electron chi connectivity index (χ0n) is 16.7. The van der Waals surface area contributed by atoms with Crippen LogP contribution in [0, 0.1) is 0 Å². The molecule has 0 amide bonds. The first kappa shape index (κ1) is 20.7. The summed E-state index contributed by atoms with van der Waals surface area (Å²) in [6, 6.07) is 14.2. The van der Waals surface area contributed by atoms with Crippen molar-refractivity contribution >= 4 is 32.6 Å². The number of anilines is 1. The van der Waals surface area contributed by atoms with Gasteiger partial charge in [-0.3, -0.25) is 4.99 Å². The Labute approximate surface area is 171 Å². The summed E-state index contributed by atoms with van der Waals surface area (Å²) in [6.07, 6.45) is 0.945. The summed E-state index contributed by atoms with van der Waals surface area (Å²) in [5.41, 5.74) is 1.56. The number of sulfonamides is 1. The average Bonchev–Trinajstić information content (AvgIpc) is 2.68. The van der Waals surface area contributed by atoms with Crippen molar-refractivity contribution in [3.8, 4) is 5.75 Å². The van der Waals surface area contributed by atoms with Crippen LogP contribution in [0.1, 0.15) is 32.8 Å². The summed E-state index contributed by atoms with van der Waals surface area (Å²) in [7, 11) is -2.25. The third-order valence-corrected chi connectivity index (χ3v) is 7.41. The number of benzene rings is 2. The fraction of sp³-hybridized carbons (Fsp3) is 0.381. The highest BCUT2D eigenvalue weighted by atomic mass is 32.2. The maximum Gasteiger partial charge on any atom is 0.270 e. The lowest BCUT2D eigenvalue weighted by Crippen LogP contribution is -2.36. The number of methoxy groups -OCH3 is 1. The SMILES string of the molecule is COc1cccc(N(C2=NCCCS2)S(=O)(=O)c2ccc(C(C)(C)C)cc2)c1. The van der Waals surface area contributed by atoms with Crippen molar-refractivity contribution in [3.05, 3.63) is 54.1 Å². The van der Waals surface area contributed by atoms with Crippen LogP contribution in [0.4, 0.5) is 5.69 Å². The van der Waals surface area contributed by atoms with Crippen LogP contribution in [0.25, 0.3) is 0 Å². The van der Waals surface area contributed by atoms with E-state index in [-0.39, 0.29) is 10.3 Å². The van der Waals surface area contributed by atoms with Gasteiger partial charge in [-0.2, -0.15) is 0 Å². The average molecular weight is 419 g/mol. The van der Waals surface area contributed by atoms with Crippen LogP contribution in [0.2, 0.25) is 0 Å². The Morgan fingerprint density at radius 3 is 2.39 bits per heavy atom. The Balaban J connectivity index is 2.09. The molecule has 0 radical (unpaired) electrons. The first-order valence-corrected chi connectivity index (χ1v) is 11.6. The number of ether oxygens (including phenoxy) is 1. The minimum Gasteiger partial charge on any atom is -0.497 e. The quantitative estimate of drug-likeness (QED) is 0.723. The van der Waals surface area contributed by atoms with Crippen molar-refractivity contribution in [1.82, 2.24) is 0 Å². The first-order valence-electron chi connectivity index (χ1n) is 9.20. The molecular formula is C21H26N2O3S2. The molecule has 3 rings (SSSR count). The van der Waals surface area contributed by atoms with Crippen LogP contribution in [-0.4, -0.2) is 33.0 Å². The van der Waals surface area contributed by atoms with E-state index in [2.05, 4.69) is 25.8 Å². The molecule has 2 aromatic rings. The monoisotopic (exact) mass is 418 g/mol. The molecule has 0 fully saturated rings. The molecule has 2 aromatic carbocycles. The standard InChI is InChI=1S/C21H26N2O3S2/c1-21(2,3)16-9-11-19(12-10-16)28(24,25)23(20-22-13-6-14-27-20)17-7-5-8-18(15-17)26-4/h5,7-12,15H,6,13-14H2,1-4H3. The zero-order chi connectivity index (χ0) is 20.4. The van der Waals surface area contributed by atoms with E-state index in [0.29, 0.717) is 23.1 Å². The van der Waals surface area contributed by atoms with Crippen LogP contribution in [-0.2, 0) is 15.4 Å². The molecule has 0 saturated heterocycles. The summed E-state index contributed by atoms with van der Waals surface area (Å²) in [5, 5.41) is 0.499. The van der Waals surface area contributed by atoms with Crippen molar-refractivity contribution in [2.75, 3.05) is 23.7 Å². The number of amidine groups is 1. The van der Waals surface area contributed by atoms with Crippen molar-refractivity contribution in [2.24, 2.45) is 4.99 Å². The molecule has 0 atom stereocenters. The van der Waals surface area contributed by atoms with Crippen LogP contribution < -0.4 is 9.04 Å². The molecule has 150 valence electrons. The maximum absolute atomic E-state index is 13.6. The minimum atomic E-state index is -3.81. The van der Waals surface area contributed by atoms with E-state index in [1.165, 1.54) is 16.1 Å². The van der Waals surface area contributed by atoms with Gasteiger partial charge in [0.2, 0.25) is 0 Å². The van der Waals surface area contributed by atoms with Gasteiger partial charge in [-0.15, -0.1) is 0 Å². The Kier molecular flexibility index (Phi) is 6.05. The lowest BCUT2D eigenvalue weighted by atomic mass is 9.87. The number of hydrogen-bond donors (Lipinski definition) is 0. The van der Waals surface area contributed by atoms with E-state index in [4.69, 9.17) is 4.74 Å². The van der Waals surface area contributed by atoms with Gasteiger partial charge in [0, 0.05) is 18.4 Å². The smallest absolute Gasteiger partial charge is 0.270 e. The highest BCUT2D eigenvalue weighted by molar-refractivity contribution is 8.15. The lowest BCUT2D eigenvalue weighted by Gasteiger charge is -2.27. The molecule has 1 aliphatic rings. The van der Waals surface area contributed by atoms with Gasteiger partial charge in [-0.1, -0.05) is 50.7 Å². The summed E-state index contributed by atoms with van der Waals surface area (Å²) < 4.78 is 33.8. The highest BCUT2D eigenvalue weighted by Crippen LogP contribution is 2.32. The predicted molar refractivity (Wildman–Crippen MR) is 117 cm³/mol. The van der Waals surface area contributed by atoms with E-state index in [1.54, 1.807) is 43.5 Å². The van der Waals surface area contributed by atoms with Crippen molar-refractivity contribution in [1.29, 1.82) is 0 Å². The first-order chi connectivity index (χ1) is 13.2. The van der Waals surface area contributed by atoms with E-state index in [1.807, 2.05) is 12.1 Å². The predicted octanol–water partition coefficient (Wildman–Crippen LogP) is 4.68. The fourth-order valence-corrected chi connectivity index (χ4v) is 5.55. The zero-order valence-corrected chi connectivity index (χ0v) is 18.3. The maximum atomic E-state index is 13.6. The minimum absolute atomic E-state index is 0.0436. The summed E-state index contributed by atoms with van der Waals surface area (Å²) in [6.45, 7) is 6.94. The van der Waals surface area contributed by atoms with Gasteiger partial charge in [-0.05, 0) is 41.7 Å². The largest absolute Gasteiger partial charge is 0.497 e. The summed E-state index contributed by atoms with van der Waals surface area (Å²) >= 11 is 1.46. The number of rotatable bonds is 4. The molecular weight excluding hydrogens is 392 g/mol. The van der Waals surface area contributed by atoms with Crippen molar-refractivity contribution < 1.29 is 13.2 Å². The fourth-order valence-electron chi connectivity index (χ4n) is 2.89. The number of nitrogens with zero attached hydrogens (tertiary/aromatic N) is 2. The normalized spacial score (nSPS) is 15.1.